The molecule has 1 saturated heterocycles. The number of thiazole rings is 1. The smallest absolute Gasteiger partial charge is 0.243 e. The molecular formula is C17H19N5O2S2. The van der Waals surface area contributed by atoms with Gasteiger partial charge < -0.3 is 5.32 Å². The van der Waals surface area contributed by atoms with Crippen molar-refractivity contribution in [2.24, 2.45) is 0 Å². The molecule has 2 aliphatic rings. The highest BCUT2D eigenvalue weighted by Gasteiger charge is 2.32. The molecule has 26 heavy (non-hydrogen) atoms. The quantitative estimate of drug-likeness (QED) is 0.742. The minimum atomic E-state index is -3.46. The van der Waals surface area contributed by atoms with Gasteiger partial charge in [-0.2, -0.15) is 9.40 Å². The lowest BCUT2D eigenvalue weighted by Crippen LogP contribution is -2.39. The lowest BCUT2D eigenvalue weighted by atomic mass is 10.1. The van der Waals surface area contributed by atoms with Gasteiger partial charge in [0.2, 0.25) is 10.0 Å². The van der Waals surface area contributed by atoms with Crippen LogP contribution in [0, 0.1) is 0 Å². The average Bonchev–Trinajstić information content (AvgIpc) is 3.37. The molecule has 5 rings (SSSR count). The first-order valence-corrected chi connectivity index (χ1v) is 11.0. The summed E-state index contributed by atoms with van der Waals surface area (Å²) in [4.78, 5) is 4.57. The van der Waals surface area contributed by atoms with Gasteiger partial charge in [0.15, 0.2) is 0 Å². The summed E-state index contributed by atoms with van der Waals surface area (Å²) < 4.78 is 30.6. The molecule has 0 atom stereocenters. The molecule has 0 radical (unpaired) electrons. The highest BCUT2D eigenvalue weighted by Crippen LogP contribution is 2.30. The Balaban J connectivity index is 1.35. The largest absolute Gasteiger partial charge is 0.307 e. The van der Waals surface area contributed by atoms with Crippen LogP contribution in [0.4, 0.5) is 0 Å². The first-order valence-electron chi connectivity index (χ1n) is 8.72. The predicted molar refractivity (Wildman–Crippen MR) is 99.4 cm³/mol. The Morgan fingerprint density at radius 1 is 1.19 bits per heavy atom. The van der Waals surface area contributed by atoms with E-state index in [0.717, 1.165) is 36.1 Å². The van der Waals surface area contributed by atoms with E-state index in [0.29, 0.717) is 18.0 Å². The van der Waals surface area contributed by atoms with Crippen LogP contribution in [0.2, 0.25) is 0 Å². The Kier molecular flexibility index (Phi) is 3.85. The minimum absolute atomic E-state index is 0.272. The molecule has 3 aromatic rings. The molecular weight excluding hydrogens is 370 g/mol. The van der Waals surface area contributed by atoms with Crippen LogP contribution in [0.5, 0.6) is 0 Å². The zero-order chi connectivity index (χ0) is 17.7. The van der Waals surface area contributed by atoms with E-state index < -0.39 is 10.0 Å². The molecule has 2 aromatic heterocycles. The van der Waals surface area contributed by atoms with Crippen molar-refractivity contribution in [2.75, 3.05) is 13.1 Å². The number of aromatic nitrogens is 3. The molecule has 0 unspecified atom stereocenters. The summed E-state index contributed by atoms with van der Waals surface area (Å²) >= 11 is 1.46. The summed E-state index contributed by atoms with van der Waals surface area (Å²) in [5, 5.41) is 7.88. The summed E-state index contributed by atoms with van der Waals surface area (Å²) in [6.07, 6.45) is 3.51. The van der Waals surface area contributed by atoms with Gasteiger partial charge in [0.05, 0.1) is 38.6 Å². The molecule has 0 amide bonds. The number of hydrogen-bond acceptors (Lipinski definition) is 6. The van der Waals surface area contributed by atoms with E-state index in [1.54, 1.807) is 28.0 Å². The first kappa shape index (κ1) is 16.4. The number of rotatable bonds is 3. The van der Waals surface area contributed by atoms with Gasteiger partial charge in [-0.05, 0) is 31.0 Å². The van der Waals surface area contributed by atoms with Crippen molar-refractivity contribution < 1.29 is 8.42 Å². The molecule has 0 saturated carbocycles. The highest BCUT2D eigenvalue weighted by molar-refractivity contribution is 7.89. The lowest BCUT2D eigenvalue weighted by Gasteiger charge is -2.32. The number of sulfonamides is 1. The normalized spacial score (nSPS) is 19.2. The number of fused-ring (bicyclic) bond motifs is 2. The summed E-state index contributed by atoms with van der Waals surface area (Å²) in [5.41, 5.74) is 5.10. The van der Waals surface area contributed by atoms with Gasteiger partial charge in [-0.25, -0.2) is 13.4 Å². The zero-order valence-corrected chi connectivity index (χ0v) is 15.8. The fourth-order valence-corrected chi connectivity index (χ4v) is 6.16. The maximum Gasteiger partial charge on any atom is 0.243 e. The molecule has 1 fully saturated rings. The standard InChI is InChI=1S/C17H19N5O2S2/c23-26(24,14-1-2-15-17(7-14)25-11-19-15)21-5-3-13(4-6-21)22-16-10-18-8-12(16)9-20-22/h1-2,7,9,11,13,18H,3-6,8,10H2. The van der Waals surface area contributed by atoms with Gasteiger partial charge in [0.1, 0.15) is 0 Å². The Morgan fingerprint density at radius 3 is 2.88 bits per heavy atom. The van der Waals surface area contributed by atoms with Gasteiger partial charge in [0.25, 0.3) is 0 Å². The van der Waals surface area contributed by atoms with E-state index in [9.17, 15) is 8.42 Å². The maximum atomic E-state index is 13.0. The second kappa shape index (κ2) is 6.12. The van der Waals surface area contributed by atoms with Gasteiger partial charge in [-0.15, -0.1) is 11.3 Å². The molecule has 0 spiro atoms. The van der Waals surface area contributed by atoms with E-state index >= 15 is 0 Å². The lowest BCUT2D eigenvalue weighted by molar-refractivity contribution is 0.257. The Morgan fingerprint density at radius 2 is 2.04 bits per heavy atom. The zero-order valence-electron chi connectivity index (χ0n) is 14.1. The second-order valence-electron chi connectivity index (χ2n) is 6.78. The van der Waals surface area contributed by atoms with E-state index in [1.807, 2.05) is 6.20 Å². The van der Waals surface area contributed by atoms with Crippen LogP contribution in [0.1, 0.15) is 30.1 Å². The SMILES string of the molecule is O=S(=O)(c1ccc2ncsc2c1)N1CCC(n2ncc3c2CNC3)CC1. The topological polar surface area (TPSA) is 80.1 Å². The monoisotopic (exact) mass is 389 g/mol. The molecule has 1 aromatic carbocycles. The van der Waals surface area contributed by atoms with Crippen LogP contribution >= 0.6 is 11.3 Å². The van der Waals surface area contributed by atoms with Crippen molar-refractivity contribution in [1.82, 2.24) is 24.4 Å². The van der Waals surface area contributed by atoms with Gasteiger partial charge in [-0.3, -0.25) is 4.68 Å². The third-order valence-electron chi connectivity index (χ3n) is 5.30. The van der Waals surface area contributed by atoms with Crippen molar-refractivity contribution in [3.05, 3.63) is 41.2 Å². The summed E-state index contributed by atoms with van der Waals surface area (Å²) in [5.74, 6) is 0. The molecule has 9 heteroatoms. The van der Waals surface area contributed by atoms with Crippen LogP contribution in [0.3, 0.4) is 0 Å². The van der Waals surface area contributed by atoms with Crippen LogP contribution in [0.25, 0.3) is 10.2 Å². The van der Waals surface area contributed by atoms with Crippen molar-refractivity contribution in [3.63, 3.8) is 0 Å². The summed E-state index contributed by atoms with van der Waals surface area (Å²) in [6, 6.07) is 5.45. The van der Waals surface area contributed by atoms with Crippen LogP contribution in [-0.2, 0) is 23.1 Å². The van der Waals surface area contributed by atoms with Crippen molar-refractivity contribution in [2.45, 2.75) is 36.9 Å². The van der Waals surface area contributed by atoms with Gasteiger partial charge >= 0.3 is 0 Å². The molecule has 4 heterocycles. The third-order valence-corrected chi connectivity index (χ3v) is 7.99. The molecule has 0 aliphatic carbocycles. The van der Waals surface area contributed by atoms with E-state index in [-0.39, 0.29) is 6.04 Å². The van der Waals surface area contributed by atoms with Crippen LogP contribution in [0.15, 0.2) is 34.8 Å². The molecule has 0 bridgehead atoms. The highest BCUT2D eigenvalue weighted by atomic mass is 32.2. The summed E-state index contributed by atoms with van der Waals surface area (Å²) in [6.45, 7) is 2.77. The van der Waals surface area contributed by atoms with E-state index in [2.05, 4.69) is 20.1 Å². The Hall–Kier alpha value is -1.81. The van der Waals surface area contributed by atoms with Crippen LogP contribution < -0.4 is 5.32 Å². The number of nitrogens with zero attached hydrogens (tertiary/aromatic N) is 4. The fraction of sp³-hybridized carbons (Fsp3) is 0.412. The van der Waals surface area contributed by atoms with Gasteiger partial charge in [0, 0.05) is 31.7 Å². The molecule has 1 N–H and O–H groups in total. The van der Waals surface area contributed by atoms with Gasteiger partial charge in [-0.1, -0.05) is 0 Å². The van der Waals surface area contributed by atoms with Crippen molar-refractivity contribution in [1.29, 1.82) is 0 Å². The first-order chi connectivity index (χ1) is 12.6. The van der Waals surface area contributed by atoms with Crippen molar-refractivity contribution >= 4 is 31.6 Å². The third kappa shape index (κ3) is 2.58. The van der Waals surface area contributed by atoms with E-state index in [4.69, 9.17) is 0 Å². The molecule has 7 nitrogen and oxygen atoms in total. The average molecular weight is 390 g/mol. The second-order valence-corrected chi connectivity index (χ2v) is 9.61. The number of benzene rings is 1. The predicted octanol–water partition coefficient (Wildman–Crippen LogP) is 2.12. The summed E-state index contributed by atoms with van der Waals surface area (Å²) in [7, 11) is -3.46. The van der Waals surface area contributed by atoms with Crippen molar-refractivity contribution in [3.8, 4) is 0 Å². The Bertz CT molecular complexity index is 1060. The number of hydrogen-bond donors (Lipinski definition) is 1. The maximum absolute atomic E-state index is 13.0. The molecule has 2 aliphatic heterocycles. The van der Waals surface area contributed by atoms with Crippen LogP contribution in [-0.4, -0.2) is 40.6 Å². The van der Waals surface area contributed by atoms with E-state index in [1.165, 1.54) is 22.6 Å². The number of nitrogens with one attached hydrogen (secondary N) is 1. The molecule has 136 valence electrons. The fourth-order valence-electron chi connectivity index (χ4n) is 3.87. The Labute approximate surface area is 155 Å². The minimum Gasteiger partial charge on any atom is -0.307 e. The number of piperidine rings is 1.